The van der Waals surface area contributed by atoms with E-state index >= 15 is 0 Å². The van der Waals surface area contributed by atoms with Gasteiger partial charge in [0.1, 0.15) is 11.9 Å². The summed E-state index contributed by atoms with van der Waals surface area (Å²) in [6.07, 6.45) is 0. The van der Waals surface area contributed by atoms with Gasteiger partial charge in [-0.25, -0.2) is 4.39 Å². The lowest BCUT2D eigenvalue weighted by Crippen LogP contribution is -2.37. The Morgan fingerprint density at radius 3 is 2.87 bits per heavy atom. The molecule has 0 radical (unpaired) electrons. The number of nitrogens with two attached hydrogens (primary N) is 1. The lowest BCUT2D eigenvalue weighted by Gasteiger charge is -2.11. The van der Waals surface area contributed by atoms with Gasteiger partial charge < -0.3 is 16.2 Å². The van der Waals surface area contributed by atoms with Crippen LogP contribution < -0.4 is 11.1 Å². The molecule has 0 aliphatic heterocycles. The number of benzene rings is 1. The lowest BCUT2D eigenvalue weighted by molar-refractivity contribution is -0.138. The zero-order chi connectivity index (χ0) is 11.4. The summed E-state index contributed by atoms with van der Waals surface area (Å²) in [7, 11) is 0. The topological polar surface area (TPSA) is 75.3 Å². The molecule has 0 aliphatic carbocycles. The van der Waals surface area contributed by atoms with Gasteiger partial charge in [0.05, 0.1) is 5.69 Å². The van der Waals surface area contributed by atoms with E-state index in [2.05, 4.69) is 21.2 Å². The fourth-order valence-electron chi connectivity index (χ4n) is 0.966. The molecule has 82 valence electrons. The fraction of sp³-hybridized carbons (Fsp3) is 0.222. The summed E-state index contributed by atoms with van der Waals surface area (Å²) in [6.45, 7) is -0.0329. The first kappa shape index (κ1) is 11.9. The molecule has 0 aliphatic rings. The van der Waals surface area contributed by atoms with Crippen molar-refractivity contribution in [2.45, 2.75) is 6.04 Å². The van der Waals surface area contributed by atoms with Crippen LogP contribution in [0.3, 0.4) is 0 Å². The molecule has 1 aromatic rings. The van der Waals surface area contributed by atoms with E-state index in [9.17, 15) is 9.18 Å². The highest BCUT2D eigenvalue weighted by Gasteiger charge is 2.13. The molecule has 15 heavy (non-hydrogen) atoms. The van der Waals surface area contributed by atoms with Gasteiger partial charge in [-0.2, -0.15) is 0 Å². The van der Waals surface area contributed by atoms with E-state index < -0.39 is 17.8 Å². The average Bonchev–Trinajstić information content (AvgIpc) is 2.16. The molecule has 4 nitrogen and oxygen atoms in total. The predicted molar refractivity (Wildman–Crippen MR) is 58.2 cm³/mol. The van der Waals surface area contributed by atoms with Crippen molar-refractivity contribution >= 4 is 27.6 Å². The fourth-order valence-corrected chi connectivity index (χ4v) is 1.45. The van der Waals surface area contributed by atoms with E-state index in [1.54, 1.807) is 12.1 Å². The number of para-hydroxylation sites is 1. The number of rotatable bonds is 4. The number of carboxylic acid groups (broad SMARTS) is 1. The van der Waals surface area contributed by atoms with E-state index in [0.29, 0.717) is 4.47 Å². The molecule has 1 rings (SSSR count). The number of anilines is 1. The third-order valence-electron chi connectivity index (χ3n) is 1.78. The van der Waals surface area contributed by atoms with Gasteiger partial charge in [0.15, 0.2) is 0 Å². The quantitative estimate of drug-likeness (QED) is 0.777. The number of hydrogen-bond acceptors (Lipinski definition) is 3. The maximum Gasteiger partial charge on any atom is 0.322 e. The maximum absolute atomic E-state index is 13.2. The van der Waals surface area contributed by atoms with Crippen molar-refractivity contribution in [3.63, 3.8) is 0 Å². The van der Waals surface area contributed by atoms with Crippen molar-refractivity contribution in [2.75, 3.05) is 11.9 Å². The second-order valence-electron chi connectivity index (χ2n) is 2.92. The molecule has 0 saturated carbocycles. The van der Waals surface area contributed by atoms with E-state index in [-0.39, 0.29) is 12.2 Å². The molecular formula is C9H10BrFN2O2. The Hall–Kier alpha value is -1.14. The minimum absolute atomic E-state index is 0.0329. The van der Waals surface area contributed by atoms with Crippen molar-refractivity contribution < 1.29 is 14.3 Å². The van der Waals surface area contributed by atoms with Gasteiger partial charge in [-0.1, -0.05) is 6.07 Å². The summed E-state index contributed by atoms with van der Waals surface area (Å²) < 4.78 is 13.7. The number of carboxylic acids is 1. The third-order valence-corrected chi connectivity index (χ3v) is 2.44. The maximum atomic E-state index is 13.2. The standard InChI is InChI=1S/C9H10BrFN2O2/c10-5-2-1-3-6(11)8(5)13-4-7(12)9(14)15/h1-3,7,13H,4,12H2,(H,14,15). The van der Waals surface area contributed by atoms with Crippen LogP contribution in [-0.2, 0) is 4.79 Å². The van der Waals surface area contributed by atoms with Crippen LogP contribution in [-0.4, -0.2) is 23.7 Å². The number of halogens is 2. The Kier molecular flexibility index (Phi) is 4.05. The monoisotopic (exact) mass is 276 g/mol. The van der Waals surface area contributed by atoms with Gasteiger partial charge in [0.2, 0.25) is 0 Å². The van der Waals surface area contributed by atoms with Gasteiger partial charge in [-0.15, -0.1) is 0 Å². The number of hydrogen-bond donors (Lipinski definition) is 3. The summed E-state index contributed by atoms with van der Waals surface area (Å²) >= 11 is 3.14. The van der Waals surface area contributed by atoms with E-state index in [0.717, 1.165) is 0 Å². The van der Waals surface area contributed by atoms with Crippen LogP contribution in [0.25, 0.3) is 0 Å². The largest absolute Gasteiger partial charge is 0.480 e. The van der Waals surface area contributed by atoms with Gasteiger partial charge in [-0.05, 0) is 28.1 Å². The molecule has 4 N–H and O–H groups in total. The van der Waals surface area contributed by atoms with Gasteiger partial charge in [0, 0.05) is 11.0 Å². The summed E-state index contributed by atoms with van der Waals surface area (Å²) in [5, 5.41) is 11.2. The highest BCUT2D eigenvalue weighted by Crippen LogP contribution is 2.24. The van der Waals surface area contributed by atoms with Gasteiger partial charge in [0.25, 0.3) is 0 Å². The number of nitrogens with one attached hydrogen (secondary N) is 1. The van der Waals surface area contributed by atoms with Crippen LogP contribution in [0, 0.1) is 5.82 Å². The molecule has 1 unspecified atom stereocenters. The van der Waals surface area contributed by atoms with Crippen molar-refractivity contribution in [3.05, 3.63) is 28.5 Å². The molecule has 1 aromatic carbocycles. The Bertz CT molecular complexity index is 353. The summed E-state index contributed by atoms with van der Waals surface area (Å²) in [5.74, 6) is -1.59. The Balaban J connectivity index is 2.69. The predicted octanol–water partition coefficient (Wildman–Crippen LogP) is 1.41. The van der Waals surface area contributed by atoms with E-state index in [1.165, 1.54) is 6.07 Å². The third kappa shape index (κ3) is 3.17. The normalized spacial score (nSPS) is 12.2. The second kappa shape index (κ2) is 5.09. The minimum atomic E-state index is -1.13. The van der Waals surface area contributed by atoms with Crippen LogP contribution in [0.5, 0.6) is 0 Å². The molecule has 6 heteroatoms. The zero-order valence-electron chi connectivity index (χ0n) is 7.71. The van der Waals surface area contributed by atoms with E-state index in [4.69, 9.17) is 10.8 Å². The van der Waals surface area contributed by atoms with Gasteiger partial charge in [-0.3, -0.25) is 4.79 Å². The molecule has 0 bridgehead atoms. The number of carbonyl (C=O) groups is 1. The highest BCUT2D eigenvalue weighted by molar-refractivity contribution is 9.10. The molecule has 0 heterocycles. The molecular weight excluding hydrogens is 267 g/mol. The average molecular weight is 277 g/mol. The van der Waals surface area contributed by atoms with Crippen LogP contribution in [0.4, 0.5) is 10.1 Å². The number of aliphatic carboxylic acids is 1. The first-order chi connectivity index (χ1) is 7.02. The molecule has 0 aromatic heterocycles. The Morgan fingerprint density at radius 1 is 1.67 bits per heavy atom. The van der Waals surface area contributed by atoms with E-state index in [1.807, 2.05) is 0 Å². The molecule has 0 amide bonds. The first-order valence-electron chi connectivity index (χ1n) is 4.18. The minimum Gasteiger partial charge on any atom is -0.480 e. The molecule has 0 saturated heterocycles. The van der Waals surface area contributed by atoms with Crippen LogP contribution >= 0.6 is 15.9 Å². The smallest absolute Gasteiger partial charge is 0.322 e. The Labute approximate surface area is 94.4 Å². The second-order valence-corrected chi connectivity index (χ2v) is 3.78. The molecule has 0 fully saturated rings. The van der Waals surface area contributed by atoms with Crippen LogP contribution in [0.15, 0.2) is 22.7 Å². The summed E-state index contributed by atoms with van der Waals surface area (Å²) in [5.41, 5.74) is 5.48. The van der Waals surface area contributed by atoms with Crippen molar-refractivity contribution in [3.8, 4) is 0 Å². The summed E-state index contributed by atoms with van der Waals surface area (Å²) in [6, 6.07) is 3.41. The van der Waals surface area contributed by atoms with Crippen molar-refractivity contribution in [1.29, 1.82) is 0 Å². The van der Waals surface area contributed by atoms with Crippen LogP contribution in [0.2, 0.25) is 0 Å². The molecule has 1 atom stereocenters. The Morgan fingerprint density at radius 2 is 2.33 bits per heavy atom. The SMILES string of the molecule is NC(CNc1c(F)cccc1Br)C(=O)O. The van der Waals surface area contributed by atoms with Crippen molar-refractivity contribution in [1.82, 2.24) is 0 Å². The van der Waals surface area contributed by atoms with Crippen LogP contribution in [0.1, 0.15) is 0 Å². The lowest BCUT2D eigenvalue weighted by atomic mass is 10.2. The highest BCUT2D eigenvalue weighted by atomic mass is 79.9. The van der Waals surface area contributed by atoms with Crippen molar-refractivity contribution in [2.24, 2.45) is 5.73 Å². The summed E-state index contributed by atoms with van der Waals surface area (Å²) in [4.78, 5) is 10.4. The molecule has 0 spiro atoms. The zero-order valence-corrected chi connectivity index (χ0v) is 9.29. The first-order valence-corrected chi connectivity index (χ1v) is 4.98. The van der Waals surface area contributed by atoms with Gasteiger partial charge >= 0.3 is 5.97 Å².